The first-order valence-corrected chi connectivity index (χ1v) is 4.82. The largest absolute Gasteiger partial charge is 0.490 e. The molecule has 5 nitrogen and oxygen atoms in total. The summed E-state index contributed by atoms with van der Waals surface area (Å²) in [6.45, 7) is 0. The van der Waals surface area contributed by atoms with Crippen LogP contribution in [-0.4, -0.2) is 12.0 Å². The molecule has 5 heteroatoms. The van der Waals surface area contributed by atoms with Crippen molar-refractivity contribution in [3.63, 3.8) is 0 Å². The zero-order chi connectivity index (χ0) is 12.4. The molecule has 0 atom stereocenters. The molecule has 0 spiro atoms. The lowest BCUT2D eigenvalue weighted by Gasteiger charge is -2.05. The highest BCUT2D eigenvalue weighted by atomic mass is 16.6. The average molecular weight is 228 g/mol. The second-order valence-electron chi connectivity index (χ2n) is 3.42. The molecule has 0 saturated heterocycles. The number of ether oxygens (including phenoxy) is 1. The summed E-state index contributed by atoms with van der Waals surface area (Å²) in [5.41, 5.74) is 0.274. The van der Waals surface area contributed by atoms with Crippen molar-refractivity contribution in [2.24, 2.45) is 0 Å². The summed E-state index contributed by atoms with van der Waals surface area (Å²) in [5.74, 6) is 0.192. The highest BCUT2D eigenvalue weighted by Crippen LogP contribution is 2.35. The van der Waals surface area contributed by atoms with Crippen molar-refractivity contribution >= 4 is 16.5 Å². The highest BCUT2D eigenvalue weighted by Gasteiger charge is 2.19. The SMILES string of the molecule is COc1ccc2ccc(C#N)cc2c1[N+](=O)[O-]. The van der Waals surface area contributed by atoms with E-state index in [0.29, 0.717) is 16.3 Å². The van der Waals surface area contributed by atoms with Gasteiger partial charge < -0.3 is 4.74 Å². The molecule has 17 heavy (non-hydrogen) atoms. The van der Waals surface area contributed by atoms with Crippen molar-refractivity contribution in [3.8, 4) is 11.8 Å². The number of nitro benzene ring substituents is 1. The maximum Gasteiger partial charge on any atom is 0.318 e. The Morgan fingerprint density at radius 3 is 2.65 bits per heavy atom. The zero-order valence-electron chi connectivity index (χ0n) is 9.01. The molecule has 0 aliphatic rings. The molecule has 0 bridgehead atoms. The van der Waals surface area contributed by atoms with Gasteiger partial charge in [-0.3, -0.25) is 10.1 Å². The Morgan fingerprint density at radius 1 is 1.35 bits per heavy atom. The molecule has 2 aromatic carbocycles. The molecule has 0 N–H and O–H groups in total. The van der Waals surface area contributed by atoms with Crippen molar-refractivity contribution in [2.75, 3.05) is 7.11 Å². The van der Waals surface area contributed by atoms with Crippen LogP contribution >= 0.6 is 0 Å². The van der Waals surface area contributed by atoms with Gasteiger partial charge in [0, 0.05) is 0 Å². The van der Waals surface area contributed by atoms with Crippen LogP contribution in [0.2, 0.25) is 0 Å². The van der Waals surface area contributed by atoms with Gasteiger partial charge in [-0.2, -0.15) is 5.26 Å². The molecule has 0 fully saturated rings. The van der Waals surface area contributed by atoms with E-state index in [2.05, 4.69) is 0 Å². The molecule has 0 radical (unpaired) electrons. The van der Waals surface area contributed by atoms with Crippen LogP contribution < -0.4 is 4.74 Å². The molecule has 84 valence electrons. The van der Waals surface area contributed by atoms with E-state index in [0.717, 1.165) is 0 Å². The smallest absolute Gasteiger partial charge is 0.318 e. The predicted molar refractivity (Wildman–Crippen MR) is 61.9 cm³/mol. The zero-order valence-corrected chi connectivity index (χ0v) is 9.01. The molecule has 0 amide bonds. The molecule has 2 aromatic rings. The van der Waals surface area contributed by atoms with Gasteiger partial charge in [0.2, 0.25) is 0 Å². The molecule has 0 aliphatic heterocycles. The Labute approximate surface area is 97.0 Å². The van der Waals surface area contributed by atoms with Gasteiger partial charge in [0.1, 0.15) is 0 Å². The predicted octanol–water partition coefficient (Wildman–Crippen LogP) is 2.63. The van der Waals surface area contributed by atoms with Crippen molar-refractivity contribution < 1.29 is 9.66 Å². The van der Waals surface area contributed by atoms with E-state index in [1.807, 2.05) is 6.07 Å². The number of methoxy groups -OCH3 is 1. The molecule has 0 saturated carbocycles. The Kier molecular flexibility index (Phi) is 2.63. The Balaban J connectivity index is 2.87. The van der Waals surface area contributed by atoms with Gasteiger partial charge in [0.25, 0.3) is 0 Å². The summed E-state index contributed by atoms with van der Waals surface area (Å²) >= 11 is 0. The fourth-order valence-corrected chi connectivity index (χ4v) is 1.71. The standard InChI is InChI=1S/C12H8N2O3/c1-17-11-5-4-9-3-2-8(7-13)6-10(9)12(11)14(15)16/h2-6H,1H3. The van der Waals surface area contributed by atoms with Crippen LogP contribution in [0.15, 0.2) is 30.3 Å². The van der Waals surface area contributed by atoms with Crippen molar-refractivity contribution in [3.05, 3.63) is 46.0 Å². The Bertz CT molecular complexity index is 644. The van der Waals surface area contributed by atoms with Crippen LogP contribution in [-0.2, 0) is 0 Å². The van der Waals surface area contributed by atoms with Crippen LogP contribution in [0.25, 0.3) is 10.8 Å². The van der Waals surface area contributed by atoms with E-state index in [9.17, 15) is 10.1 Å². The van der Waals surface area contributed by atoms with Crippen LogP contribution in [0.3, 0.4) is 0 Å². The maximum absolute atomic E-state index is 11.0. The number of hydrogen-bond acceptors (Lipinski definition) is 4. The lowest BCUT2D eigenvalue weighted by Crippen LogP contribution is -1.95. The molecular formula is C12H8N2O3. The number of nitriles is 1. The van der Waals surface area contributed by atoms with E-state index in [1.54, 1.807) is 24.3 Å². The number of nitro groups is 1. The van der Waals surface area contributed by atoms with E-state index in [1.165, 1.54) is 13.2 Å². The summed E-state index contributed by atoms with van der Waals surface area (Å²) in [4.78, 5) is 10.5. The fourth-order valence-electron chi connectivity index (χ4n) is 1.71. The third-order valence-corrected chi connectivity index (χ3v) is 2.49. The number of benzene rings is 2. The molecule has 0 unspecified atom stereocenters. The minimum absolute atomic E-state index is 0.109. The van der Waals surface area contributed by atoms with Crippen LogP contribution in [0.4, 0.5) is 5.69 Å². The minimum atomic E-state index is -0.498. The van der Waals surface area contributed by atoms with E-state index in [-0.39, 0.29) is 11.4 Å². The topological polar surface area (TPSA) is 76.2 Å². The van der Waals surface area contributed by atoms with Gasteiger partial charge in [-0.1, -0.05) is 12.1 Å². The summed E-state index contributed by atoms with van der Waals surface area (Å²) in [6.07, 6.45) is 0. The van der Waals surface area contributed by atoms with Gasteiger partial charge in [-0.25, -0.2) is 0 Å². The second-order valence-corrected chi connectivity index (χ2v) is 3.42. The lowest BCUT2D eigenvalue weighted by atomic mass is 10.1. The molecule has 0 heterocycles. The second kappa shape index (κ2) is 4.10. The molecule has 0 aromatic heterocycles. The fraction of sp³-hybridized carbons (Fsp3) is 0.0833. The Morgan fingerprint density at radius 2 is 2.06 bits per heavy atom. The first-order chi connectivity index (χ1) is 8.17. The van der Waals surface area contributed by atoms with E-state index < -0.39 is 4.92 Å². The summed E-state index contributed by atoms with van der Waals surface area (Å²) in [5, 5.41) is 21.0. The van der Waals surface area contributed by atoms with Gasteiger partial charge in [0.05, 0.1) is 29.1 Å². The number of fused-ring (bicyclic) bond motifs is 1. The summed E-state index contributed by atoms with van der Waals surface area (Å²) in [7, 11) is 1.38. The highest BCUT2D eigenvalue weighted by molar-refractivity contribution is 5.94. The van der Waals surface area contributed by atoms with Crippen molar-refractivity contribution in [1.82, 2.24) is 0 Å². The van der Waals surface area contributed by atoms with Gasteiger partial charge in [-0.05, 0) is 23.6 Å². The number of nitrogens with zero attached hydrogens (tertiary/aromatic N) is 2. The van der Waals surface area contributed by atoms with Gasteiger partial charge >= 0.3 is 5.69 Å². The minimum Gasteiger partial charge on any atom is -0.490 e. The van der Waals surface area contributed by atoms with Crippen molar-refractivity contribution in [2.45, 2.75) is 0 Å². The van der Waals surface area contributed by atoms with Gasteiger partial charge in [-0.15, -0.1) is 0 Å². The third-order valence-electron chi connectivity index (χ3n) is 2.49. The lowest BCUT2D eigenvalue weighted by molar-refractivity contribution is -0.383. The average Bonchev–Trinajstić information content (AvgIpc) is 2.36. The molecule has 2 rings (SSSR count). The van der Waals surface area contributed by atoms with E-state index in [4.69, 9.17) is 10.00 Å². The quantitative estimate of drug-likeness (QED) is 0.584. The summed E-state index contributed by atoms with van der Waals surface area (Å²) in [6, 6.07) is 10.0. The monoisotopic (exact) mass is 228 g/mol. The van der Waals surface area contributed by atoms with E-state index >= 15 is 0 Å². The molecular weight excluding hydrogens is 220 g/mol. The number of rotatable bonds is 2. The first kappa shape index (κ1) is 10.9. The van der Waals surface area contributed by atoms with Crippen LogP contribution in [0.5, 0.6) is 5.75 Å². The van der Waals surface area contributed by atoms with Gasteiger partial charge in [0.15, 0.2) is 5.75 Å². The third kappa shape index (κ3) is 1.76. The van der Waals surface area contributed by atoms with Crippen molar-refractivity contribution in [1.29, 1.82) is 5.26 Å². The van der Waals surface area contributed by atoms with Crippen LogP contribution in [0, 0.1) is 21.4 Å². The summed E-state index contributed by atoms with van der Waals surface area (Å²) < 4.78 is 4.96. The first-order valence-electron chi connectivity index (χ1n) is 4.82. The van der Waals surface area contributed by atoms with Crippen LogP contribution in [0.1, 0.15) is 5.56 Å². The number of hydrogen-bond donors (Lipinski definition) is 0. The normalized spacial score (nSPS) is 9.88. The maximum atomic E-state index is 11.0. The molecule has 0 aliphatic carbocycles. The Hall–Kier alpha value is -2.61.